The molecule has 2 aromatic carbocycles. The van der Waals surface area contributed by atoms with Gasteiger partial charge in [-0.1, -0.05) is 12.1 Å². The lowest BCUT2D eigenvalue weighted by atomic mass is 9.87. The van der Waals surface area contributed by atoms with Crippen LogP contribution in [0.5, 0.6) is 0 Å². The third-order valence-electron chi connectivity index (χ3n) is 6.22. The van der Waals surface area contributed by atoms with E-state index < -0.39 is 56.1 Å². The molecule has 1 N–H and O–H groups in total. The van der Waals surface area contributed by atoms with E-state index in [4.69, 9.17) is 0 Å². The van der Waals surface area contributed by atoms with Crippen LogP contribution in [-0.2, 0) is 33.3 Å². The number of fused-ring (bicyclic) bond motifs is 1. The Kier molecular flexibility index (Phi) is 7.50. The summed E-state index contributed by atoms with van der Waals surface area (Å²) in [4.78, 5) is 12.3. The van der Waals surface area contributed by atoms with E-state index in [9.17, 15) is 49.1 Å². The van der Waals surface area contributed by atoms with Gasteiger partial charge in [-0.25, -0.2) is 12.8 Å². The Labute approximate surface area is 221 Å². The second kappa shape index (κ2) is 10.1. The Morgan fingerprint density at radius 3 is 2.26 bits per heavy atom. The molecule has 0 fully saturated rings. The SMILES string of the molecule is O=C(Cc1nncs1)C[C@@H]1CCc2cc(C(O)(C(F)(F)F)C(F)(F)F)ccc2N1S(=O)(=O)c1ccc(F)cc1. The molecule has 16 heteroatoms. The number of alkyl halides is 6. The van der Waals surface area contributed by atoms with E-state index in [0.717, 1.165) is 46.0 Å². The van der Waals surface area contributed by atoms with Gasteiger partial charge in [0.1, 0.15) is 22.1 Å². The number of carbonyl (C=O) groups excluding carboxylic acids is 1. The van der Waals surface area contributed by atoms with Crippen LogP contribution in [0.15, 0.2) is 52.9 Å². The van der Waals surface area contributed by atoms with Crippen LogP contribution >= 0.6 is 11.3 Å². The van der Waals surface area contributed by atoms with Crippen LogP contribution < -0.4 is 4.31 Å². The lowest BCUT2D eigenvalue weighted by molar-refractivity contribution is -0.376. The van der Waals surface area contributed by atoms with Crippen molar-refractivity contribution in [2.75, 3.05) is 4.31 Å². The lowest BCUT2D eigenvalue weighted by Gasteiger charge is -2.39. The summed E-state index contributed by atoms with van der Waals surface area (Å²) in [6.07, 6.45) is -13.1. The second-order valence-electron chi connectivity index (χ2n) is 8.75. The van der Waals surface area contributed by atoms with Gasteiger partial charge in [0.25, 0.3) is 15.6 Å². The van der Waals surface area contributed by atoms with Crippen LogP contribution in [0.25, 0.3) is 0 Å². The topological polar surface area (TPSA) is 100 Å². The molecule has 7 nitrogen and oxygen atoms in total. The van der Waals surface area contributed by atoms with Crippen LogP contribution in [0.3, 0.4) is 0 Å². The molecule has 1 aliphatic rings. The Balaban J connectivity index is 1.80. The number of carbonyl (C=O) groups is 1. The van der Waals surface area contributed by atoms with Gasteiger partial charge in [0.05, 0.1) is 23.0 Å². The fourth-order valence-electron chi connectivity index (χ4n) is 4.36. The standard InChI is InChI=1S/C23H18F7N3O4S2/c24-15-3-6-18(7-4-15)39(36,37)33-16(10-17(34)11-20-32-31-12-38-20)5-1-13-9-14(2-8-19(13)33)21(35,22(25,26)27)23(28,29)30/h2-4,6-9,12,16,35H,1,5,10-11H2/t16-/m0/s1. The minimum Gasteiger partial charge on any atom is -0.369 e. The molecule has 4 rings (SSSR count). The van der Waals surface area contributed by atoms with Crippen LogP contribution in [-0.4, -0.2) is 47.9 Å². The first kappa shape index (κ1) is 28.9. The first-order chi connectivity index (χ1) is 18.1. The van der Waals surface area contributed by atoms with Gasteiger partial charge < -0.3 is 5.11 Å². The van der Waals surface area contributed by atoms with Gasteiger partial charge in [0.2, 0.25) is 0 Å². The van der Waals surface area contributed by atoms with Gasteiger partial charge in [-0.05, 0) is 48.7 Å². The van der Waals surface area contributed by atoms with Crippen molar-refractivity contribution in [3.8, 4) is 0 Å². The van der Waals surface area contributed by atoms with Gasteiger partial charge in [-0.3, -0.25) is 9.10 Å². The van der Waals surface area contributed by atoms with Crippen molar-refractivity contribution in [3.05, 3.63) is 69.9 Å². The molecule has 0 saturated heterocycles. The number of hydrogen-bond acceptors (Lipinski definition) is 7. The molecule has 0 aliphatic carbocycles. The van der Waals surface area contributed by atoms with E-state index in [1.807, 2.05) is 0 Å². The average molecular weight is 598 g/mol. The molecule has 3 aromatic rings. The molecular formula is C23H18F7N3O4S2. The number of nitrogens with zero attached hydrogens (tertiary/aromatic N) is 3. The first-order valence-electron chi connectivity index (χ1n) is 11.1. The maximum absolute atomic E-state index is 13.6. The van der Waals surface area contributed by atoms with Gasteiger partial charge in [0, 0.05) is 12.0 Å². The molecule has 0 saturated carbocycles. The molecule has 1 aromatic heterocycles. The number of sulfonamides is 1. The number of ketones is 1. The Bertz CT molecular complexity index is 1440. The van der Waals surface area contributed by atoms with E-state index in [1.165, 1.54) is 5.51 Å². The maximum atomic E-state index is 13.6. The molecule has 0 unspecified atom stereocenters. The molecule has 2 heterocycles. The highest BCUT2D eigenvalue weighted by Gasteiger charge is 2.71. The highest BCUT2D eigenvalue weighted by Crippen LogP contribution is 2.51. The number of aliphatic hydroxyl groups is 1. The van der Waals surface area contributed by atoms with E-state index in [-0.39, 0.29) is 36.9 Å². The summed E-state index contributed by atoms with van der Waals surface area (Å²) in [6.45, 7) is 0. The maximum Gasteiger partial charge on any atom is 0.430 e. The quantitative estimate of drug-likeness (QED) is 0.397. The molecule has 0 spiro atoms. The summed E-state index contributed by atoms with van der Waals surface area (Å²) in [6, 6.07) is 4.09. The smallest absolute Gasteiger partial charge is 0.369 e. The van der Waals surface area contributed by atoms with Crippen molar-refractivity contribution in [3.63, 3.8) is 0 Å². The molecule has 1 atom stereocenters. The van der Waals surface area contributed by atoms with Crippen molar-refractivity contribution in [2.45, 2.75) is 54.6 Å². The summed E-state index contributed by atoms with van der Waals surface area (Å²) in [5, 5.41) is 17.5. The zero-order valence-electron chi connectivity index (χ0n) is 19.5. The summed E-state index contributed by atoms with van der Waals surface area (Å²) in [5.41, 5.74) is -5.84. The van der Waals surface area contributed by atoms with Crippen molar-refractivity contribution < 1.29 is 49.1 Å². The highest BCUT2D eigenvalue weighted by molar-refractivity contribution is 7.92. The number of aryl methyl sites for hydroxylation is 1. The number of benzene rings is 2. The largest absolute Gasteiger partial charge is 0.430 e. The molecule has 1 aliphatic heterocycles. The normalized spacial score (nSPS) is 16.7. The molecule has 0 radical (unpaired) electrons. The predicted octanol–water partition coefficient (Wildman–Crippen LogP) is 4.70. The third kappa shape index (κ3) is 5.36. The van der Waals surface area contributed by atoms with Crippen LogP contribution in [0.2, 0.25) is 0 Å². The van der Waals surface area contributed by atoms with Crippen molar-refractivity contribution in [1.82, 2.24) is 10.2 Å². The van der Waals surface area contributed by atoms with Gasteiger partial charge in [-0.2, -0.15) is 26.3 Å². The number of Topliss-reactive ketones (excluding diaryl/α,β-unsaturated/α-hetero) is 1. The molecule has 39 heavy (non-hydrogen) atoms. The Hall–Kier alpha value is -3.11. The van der Waals surface area contributed by atoms with Gasteiger partial charge >= 0.3 is 12.4 Å². The number of rotatable bonds is 7. The van der Waals surface area contributed by atoms with E-state index >= 15 is 0 Å². The Morgan fingerprint density at radius 2 is 1.69 bits per heavy atom. The van der Waals surface area contributed by atoms with Gasteiger partial charge in [0.15, 0.2) is 0 Å². The number of anilines is 1. The summed E-state index contributed by atoms with van der Waals surface area (Å²) < 4.78 is 122. The monoisotopic (exact) mass is 597 g/mol. The van der Waals surface area contributed by atoms with E-state index in [1.54, 1.807) is 0 Å². The molecular weight excluding hydrogens is 579 g/mol. The predicted molar refractivity (Wildman–Crippen MR) is 124 cm³/mol. The third-order valence-corrected chi connectivity index (χ3v) is 8.80. The summed E-state index contributed by atoms with van der Waals surface area (Å²) in [7, 11) is -4.57. The van der Waals surface area contributed by atoms with Crippen LogP contribution in [0, 0.1) is 5.82 Å². The number of hydrogen-bond donors (Lipinski definition) is 1. The minimum atomic E-state index is -6.13. The average Bonchev–Trinajstić information content (AvgIpc) is 3.34. The first-order valence-corrected chi connectivity index (χ1v) is 13.4. The molecule has 0 bridgehead atoms. The Morgan fingerprint density at radius 1 is 1.05 bits per heavy atom. The zero-order valence-corrected chi connectivity index (χ0v) is 21.1. The van der Waals surface area contributed by atoms with Gasteiger partial charge in [-0.15, -0.1) is 21.5 Å². The van der Waals surface area contributed by atoms with Crippen molar-refractivity contribution in [1.29, 1.82) is 0 Å². The fraction of sp³-hybridized carbons (Fsp3) is 0.348. The van der Waals surface area contributed by atoms with Crippen molar-refractivity contribution >= 4 is 32.8 Å². The second-order valence-corrected chi connectivity index (χ2v) is 11.5. The van der Waals surface area contributed by atoms with Crippen LogP contribution in [0.4, 0.5) is 36.4 Å². The summed E-state index contributed by atoms with van der Waals surface area (Å²) in [5.74, 6) is -1.18. The van der Waals surface area contributed by atoms with Crippen LogP contribution in [0.1, 0.15) is 29.0 Å². The zero-order chi connectivity index (χ0) is 28.8. The fourth-order valence-corrected chi connectivity index (χ4v) is 6.63. The minimum absolute atomic E-state index is 0.144. The number of aromatic nitrogens is 2. The lowest BCUT2D eigenvalue weighted by Crippen LogP contribution is -2.54. The number of halogens is 7. The van der Waals surface area contributed by atoms with E-state index in [2.05, 4.69) is 10.2 Å². The highest BCUT2D eigenvalue weighted by atomic mass is 32.2. The molecule has 0 amide bonds. The van der Waals surface area contributed by atoms with Crippen molar-refractivity contribution in [2.24, 2.45) is 0 Å². The van der Waals surface area contributed by atoms with E-state index in [0.29, 0.717) is 17.1 Å². The molecule has 210 valence electrons. The summed E-state index contributed by atoms with van der Waals surface area (Å²) >= 11 is 1.10.